The van der Waals surface area contributed by atoms with Crippen molar-refractivity contribution < 1.29 is 33.4 Å². The van der Waals surface area contributed by atoms with Gasteiger partial charge in [-0.1, -0.05) is 0 Å². The summed E-state index contributed by atoms with van der Waals surface area (Å²) in [6.45, 7) is 9.04. The molecule has 2 aliphatic rings. The number of nitrogens with one attached hydrogen (secondary N) is 1. The normalized spacial score (nSPS) is 17.6. The molecule has 1 spiro atoms. The second-order valence-corrected chi connectivity index (χ2v) is 11.2. The van der Waals surface area contributed by atoms with Gasteiger partial charge in [0.25, 0.3) is 5.91 Å². The highest BCUT2D eigenvalue weighted by molar-refractivity contribution is 5.97. The number of hydrogen-bond acceptors (Lipinski definition) is 7. The fourth-order valence-corrected chi connectivity index (χ4v) is 5.24. The van der Waals surface area contributed by atoms with Crippen LogP contribution in [0.5, 0.6) is 11.5 Å². The smallest absolute Gasteiger partial charge is 0.306 e. The number of rotatable bonds is 8. The Morgan fingerprint density at radius 1 is 1.00 bits per heavy atom. The maximum atomic E-state index is 13.4. The van der Waals surface area contributed by atoms with Gasteiger partial charge < -0.3 is 29.3 Å². The standard InChI is InChI=1S/C28H41N3O7/c1-19(32)29-22(8-10-24(33)38-27(2,3)4)26(35)31-16-13-28(18-31)11-14-30(15-12-28)25(34)21-17-20(36-5)7-9-23(21)37-6/h7,9,17,22H,8,10-16,18H2,1-6H3,(H,29,32)/t22-/m0/s1. The van der Waals surface area contributed by atoms with E-state index >= 15 is 0 Å². The van der Waals surface area contributed by atoms with Gasteiger partial charge in [-0.25, -0.2) is 0 Å². The molecular formula is C28H41N3O7. The fraction of sp³-hybridized carbons (Fsp3) is 0.643. The molecule has 2 heterocycles. The van der Waals surface area contributed by atoms with Crippen molar-refractivity contribution in [2.24, 2.45) is 5.41 Å². The van der Waals surface area contributed by atoms with E-state index in [9.17, 15) is 19.2 Å². The van der Waals surface area contributed by atoms with Crippen LogP contribution in [0.25, 0.3) is 0 Å². The van der Waals surface area contributed by atoms with Gasteiger partial charge in [-0.3, -0.25) is 19.2 Å². The maximum absolute atomic E-state index is 13.4. The number of nitrogens with zero attached hydrogens (tertiary/aromatic N) is 2. The Balaban J connectivity index is 1.60. The highest BCUT2D eigenvalue weighted by Crippen LogP contribution is 2.41. The number of amides is 3. The van der Waals surface area contributed by atoms with Crippen molar-refractivity contribution in [3.63, 3.8) is 0 Å². The van der Waals surface area contributed by atoms with Crippen LogP contribution in [0.15, 0.2) is 18.2 Å². The Kier molecular flexibility index (Phi) is 9.27. The first-order valence-corrected chi connectivity index (χ1v) is 13.2. The summed E-state index contributed by atoms with van der Waals surface area (Å²) < 4.78 is 16.0. The van der Waals surface area contributed by atoms with Crippen LogP contribution in [-0.2, 0) is 19.1 Å². The molecule has 0 aliphatic carbocycles. The third-order valence-electron chi connectivity index (χ3n) is 7.23. The van der Waals surface area contributed by atoms with Crippen molar-refractivity contribution in [1.29, 1.82) is 0 Å². The summed E-state index contributed by atoms with van der Waals surface area (Å²) in [5.41, 5.74) is -0.217. The molecule has 2 saturated heterocycles. The van der Waals surface area contributed by atoms with E-state index in [2.05, 4.69) is 5.32 Å². The summed E-state index contributed by atoms with van der Waals surface area (Å²) in [4.78, 5) is 54.2. The maximum Gasteiger partial charge on any atom is 0.306 e. The topological polar surface area (TPSA) is 114 Å². The van der Waals surface area contributed by atoms with E-state index in [1.54, 1.807) is 51.0 Å². The third-order valence-corrected chi connectivity index (χ3v) is 7.23. The summed E-state index contributed by atoms with van der Waals surface area (Å²) in [7, 11) is 3.09. The van der Waals surface area contributed by atoms with Gasteiger partial charge >= 0.3 is 5.97 Å². The van der Waals surface area contributed by atoms with E-state index < -0.39 is 17.6 Å². The van der Waals surface area contributed by atoms with E-state index in [1.165, 1.54) is 14.0 Å². The lowest BCUT2D eigenvalue weighted by Gasteiger charge is -2.39. The first-order valence-electron chi connectivity index (χ1n) is 13.2. The molecule has 1 aromatic carbocycles. The molecule has 0 saturated carbocycles. The zero-order valence-corrected chi connectivity index (χ0v) is 23.4. The molecule has 0 unspecified atom stereocenters. The molecule has 0 aromatic heterocycles. The molecule has 1 aromatic rings. The number of benzene rings is 1. The zero-order chi connectivity index (χ0) is 28.1. The van der Waals surface area contributed by atoms with Crippen LogP contribution in [0.3, 0.4) is 0 Å². The Morgan fingerprint density at radius 2 is 1.63 bits per heavy atom. The largest absolute Gasteiger partial charge is 0.497 e. The Labute approximate surface area is 225 Å². The van der Waals surface area contributed by atoms with Crippen LogP contribution in [0.1, 0.15) is 70.2 Å². The van der Waals surface area contributed by atoms with Gasteiger partial charge in [-0.2, -0.15) is 0 Å². The summed E-state index contributed by atoms with van der Waals surface area (Å²) >= 11 is 0. The second kappa shape index (κ2) is 12.0. The minimum absolute atomic E-state index is 0.0394. The van der Waals surface area contributed by atoms with Crippen molar-refractivity contribution in [2.75, 3.05) is 40.4 Å². The van der Waals surface area contributed by atoms with Crippen molar-refractivity contribution >= 4 is 23.7 Å². The summed E-state index contributed by atoms with van der Waals surface area (Å²) in [5.74, 6) is 0.0937. The Hall–Kier alpha value is -3.30. The minimum Gasteiger partial charge on any atom is -0.497 e. The van der Waals surface area contributed by atoms with Gasteiger partial charge in [0, 0.05) is 39.5 Å². The third kappa shape index (κ3) is 7.39. The number of piperidine rings is 1. The first kappa shape index (κ1) is 29.3. The SMILES string of the molecule is COc1ccc(OC)c(C(=O)N2CCC3(CC2)CCN(C(=O)[C@H](CCC(=O)OC(C)(C)C)NC(C)=O)C3)c1. The number of likely N-dealkylation sites (tertiary alicyclic amines) is 2. The Morgan fingerprint density at radius 3 is 2.18 bits per heavy atom. The highest BCUT2D eigenvalue weighted by atomic mass is 16.6. The number of ether oxygens (including phenoxy) is 3. The van der Waals surface area contributed by atoms with Crippen LogP contribution in [0.4, 0.5) is 0 Å². The number of methoxy groups -OCH3 is 2. The highest BCUT2D eigenvalue weighted by Gasteiger charge is 2.44. The van der Waals surface area contributed by atoms with E-state index in [0.29, 0.717) is 43.2 Å². The van der Waals surface area contributed by atoms with Gasteiger partial charge in [-0.05, 0) is 70.1 Å². The van der Waals surface area contributed by atoms with E-state index in [-0.39, 0.29) is 36.0 Å². The molecule has 1 N–H and O–H groups in total. The van der Waals surface area contributed by atoms with Crippen molar-refractivity contribution in [3.05, 3.63) is 23.8 Å². The lowest BCUT2D eigenvalue weighted by molar-refractivity contribution is -0.155. The van der Waals surface area contributed by atoms with Crippen molar-refractivity contribution in [2.45, 2.75) is 71.4 Å². The average Bonchev–Trinajstić information content (AvgIpc) is 3.27. The van der Waals surface area contributed by atoms with Crippen LogP contribution in [0, 0.1) is 5.41 Å². The Bertz CT molecular complexity index is 1040. The molecule has 3 amide bonds. The van der Waals surface area contributed by atoms with Gasteiger partial charge in [0.2, 0.25) is 11.8 Å². The van der Waals surface area contributed by atoms with Gasteiger partial charge in [0.1, 0.15) is 23.1 Å². The van der Waals surface area contributed by atoms with Crippen LogP contribution < -0.4 is 14.8 Å². The predicted molar refractivity (Wildman–Crippen MR) is 141 cm³/mol. The molecule has 0 bridgehead atoms. The van der Waals surface area contributed by atoms with E-state index in [1.807, 2.05) is 4.90 Å². The zero-order valence-electron chi connectivity index (χ0n) is 23.4. The van der Waals surface area contributed by atoms with Crippen LogP contribution in [0.2, 0.25) is 0 Å². The van der Waals surface area contributed by atoms with Gasteiger partial charge in [0.15, 0.2) is 0 Å². The summed E-state index contributed by atoms with van der Waals surface area (Å²) in [5, 5.41) is 2.71. The molecule has 10 heteroatoms. The minimum atomic E-state index is -0.780. The molecule has 2 aliphatic heterocycles. The molecule has 1 atom stereocenters. The number of carbonyl (C=O) groups excluding carboxylic acids is 4. The first-order chi connectivity index (χ1) is 17.9. The molecule has 210 valence electrons. The monoisotopic (exact) mass is 531 g/mol. The number of esters is 1. The average molecular weight is 532 g/mol. The molecule has 2 fully saturated rings. The number of carbonyl (C=O) groups is 4. The van der Waals surface area contributed by atoms with Crippen LogP contribution in [-0.4, -0.2) is 85.5 Å². The summed E-state index contributed by atoms with van der Waals surface area (Å²) in [6, 6.07) is 4.40. The fourth-order valence-electron chi connectivity index (χ4n) is 5.24. The molecule has 10 nitrogen and oxygen atoms in total. The summed E-state index contributed by atoms with van der Waals surface area (Å²) in [6.07, 6.45) is 2.61. The quantitative estimate of drug-likeness (QED) is 0.513. The van der Waals surface area contributed by atoms with E-state index in [4.69, 9.17) is 14.2 Å². The van der Waals surface area contributed by atoms with Gasteiger partial charge in [0.05, 0.1) is 19.8 Å². The lowest BCUT2D eigenvalue weighted by Crippen LogP contribution is -2.49. The lowest BCUT2D eigenvalue weighted by atomic mass is 9.77. The second-order valence-electron chi connectivity index (χ2n) is 11.2. The molecule has 38 heavy (non-hydrogen) atoms. The van der Waals surface area contributed by atoms with E-state index in [0.717, 1.165) is 19.3 Å². The van der Waals surface area contributed by atoms with Crippen molar-refractivity contribution in [1.82, 2.24) is 15.1 Å². The molecular weight excluding hydrogens is 490 g/mol. The predicted octanol–water partition coefficient (Wildman–Crippen LogP) is 2.79. The van der Waals surface area contributed by atoms with Crippen molar-refractivity contribution in [3.8, 4) is 11.5 Å². The number of hydrogen-bond donors (Lipinski definition) is 1. The molecule has 3 rings (SSSR count). The molecule has 0 radical (unpaired) electrons. The van der Waals surface area contributed by atoms with Crippen LogP contribution >= 0.6 is 0 Å². The van der Waals surface area contributed by atoms with Gasteiger partial charge in [-0.15, -0.1) is 0 Å².